The van der Waals surface area contributed by atoms with Gasteiger partial charge in [-0.15, -0.1) is 11.3 Å². The van der Waals surface area contributed by atoms with E-state index in [1.54, 1.807) is 0 Å². The van der Waals surface area contributed by atoms with Crippen LogP contribution in [-0.2, 0) is 4.74 Å². The fourth-order valence-corrected chi connectivity index (χ4v) is 4.51. The van der Waals surface area contributed by atoms with Crippen LogP contribution in [0.15, 0.2) is 48.5 Å². The van der Waals surface area contributed by atoms with Crippen LogP contribution in [0.2, 0.25) is 10.0 Å². The number of halogens is 2. The fraction of sp³-hybridized carbons (Fsp3) is 0.273. The second kappa shape index (κ2) is 9.90. The second-order valence-electron chi connectivity index (χ2n) is 6.95. The van der Waals surface area contributed by atoms with E-state index in [2.05, 4.69) is 15.6 Å². The first-order valence-electron chi connectivity index (χ1n) is 9.73. The van der Waals surface area contributed by atoms with Gasteiger partial charge in [0, 0.05) is 35.2 Å². The predicted octanol–water partition coefficient (Wildman–Crippen LogP) is 4.89. The summed E-state index contributed by atoms with van der Waals surface area (Å²) in [5.41, 5.74) is 2.62. The lowest BCUT2D eigenvalue weighted by Gasteiger charge is -2.23. The number of carbonyl (C=O) groups excluding carboxylic acids is 1. The molecule has 3 aromatic rings. The van der Waals surface area contributed by atoms with Crippen molar-refractivity contribution in [3.8, 4) is 21.7 Å². The number of hydrogen-bond acceptors (Lipinski definition) is 5. The summed E-state index contributed by atoms with van der Waals surface area (Å²) in [6.45, 7) is 2.94. The number of amides is 1. The van der Waals surface area contributed by atoms with Gasteiger partial charge in [0.15, 0.2) is 5.01 Å². The average Bonchev–Trinajstić information content (AvgIpc) is 3.21. The molecule has 1 unspecified atom stereocenters. The molecule has 1 atom stereocenters. The maximum absolute atomic E-state index is 12.8. The highest BCUT2D eigenvalue weighted by Gasteiger charge is 2.20. The van der Waals surface area contributed by atoms with Gasteiger partial charge in [-0.2, -0.15) is 0 Å². The van der Waals surface area contributed by atoms with E-state index in [-0.39, 0.29) is 12.0 Å². The van der Waals surface area contributed by atoms with Crippen LogP contribution in [0.4, 0.5) is 0 Å². The smallest absolute Gasteiger partial charge is 0.280 e. The third kappa shape index (κ3) is 5.20. The standard InChI is InChI=1S/C22H21Cl2N3O2S/c23-16-5-1-14(2-6-16)19-20(15-3-7-17(24)8-4-15)30-22(27-19)21(28)26-10-9-18-13-25-11-12-29-18/h1-8,18,25H,9-13H2,(H,26,28). The lowest BCUT2D eigenvalue weighted by atomic mass is 10.1. The number of morpholine rings is 1. The molecule has 5 nitrogen and oxygen atoms in total. The van der Waals surface area contributed by atoms with E-state index in [1.165, 1.54) is 11.3 Å². The molecule has 1 aliphatic rings. The van der Waals surface area contributed by atoms with Gasteiger partial charge in [0.25, 0.3) is 5.91 Å². The SMILES string of the molecule is O=C(NCCC1CNCCO1)c1nc(-c2ccc(Cl)cc2)c(-c2ccc(Cl)cc2)s1. The third-order valence-electron chi connectivity index (χ3n) is 4.80. The first-order valence-corrected chi connectivity index (χ1v) is 11.3. The Hall–Kier alpha value is -1.96. The highest BCUT2D eigenvalue weighted by molar-refractivity contribution is 7.17. The number of hydrogen-bond donors (Lipinski definition) is 2. The number of nitrogens with zero attached hydrogens (tertiary/aromatic N) is 1. The van der Waals surface area contributed by atoms with Gasteiger partial charge in [-0.3, -0.25) is 4.79 Å². The lowest BCUT2D eigenvalue weighted by Crippen LogP contribution is -2.40. The molecule has 1 fully saturated rings. The van der Waals surface area contributed by atoms with Crippen LogP contribution in [0.25, 0.3) is 21.7 Å². The summed E-state index contributed by atoms with van der Waals surface area (Å²) in [6, 6.07) is 15.0. The van der Waals surface area contributed by atoms with Crippen LogP contribution in [0, 0.1) is 0 Å². The van der Waals surface area contributed by atoms with Crippen molar-refractivity contribution in [3.05, 3.63) is 63.6 Å². The zero-order valence-corrected chi connectivity index (χ0v) is 18.5. The van der Waals surface area contributed by atoms with Crippen molar-refractivity contribution in [2.75, 3.05) is 26.2 Å². The first kappa shape index (κ1) is 21.3. The van der Waals surface area contributed by atoms with Crippen LogP contribution in [0.3, 0.4) is 0 Å². The highest BCUT2D eigenvalue weighted by atomic mass is 35.5. The molecule has 8 heteroatoms. The third-order valence-corrected chi connectivity index (χ3v) is 6.41. The number of benzene rings is 2. The molecular weight excluding hydrogens is 441 g/mol. The number of carbonyl (C=O) groups is 1. The van der Waals surface area contributed by atoms with Gasteiger partial charge in [-0.05, 0) is 36.2 Å². The Morgan fingerprint density at radius 3 is 2.40 bits per heavy atom. The molecule has 2 heterocycles. The molecule has 30 heavy (non-hydrogen) atoms. The summed E-state index contributed by atoms with van der Waals surface area (Å²) in [7, 11) is 0. The van der Waals surface area contributed by atoms with E-state index in [0.29, 0.717) is 28.2 Å². The van der Waals surface area contributed by atoms with Gasteiger partial charge >= 0.3 is 0 Å². The molecule has 1 aliphatic heterocycles. The molecule has 2 aromatic carbocycles. The molecule has 1 amide bonds. The molecule has 0 saturated carbocycles. The zero-order valence-electron chi connectivity index (χ0n) is 16.2. The Morgan fingerprint density at radius 1 is 1.10 bits per heavy atom. The van der Waals surface area contributed by atoms with E-state index in [0.717, 1.165) is 41.2 Å². The van der Waals surface area contributed by atoms with Crippen LogP contribution >= 0.6 is 34.5 Å². The highest BCUT2D eigenvalue weighted by Crippen LogP contribution is 2.37. The monoisotopic (exact) mass is 461 g/mol. The fourth-order valence-electron chi connectivity index (χ4n) is 3.25. The molecule has 2 N–H and O–H groups in total. The molecule has 1 saturated heterocycles. The molecule has 0 bridgehead atoms. The Labute approximate surface area is 189 Å². The minimum Gasteiger partial charge on any atom is -0.376 e. The van der Waals surface area contributed by atoms with E-state index in [1.807, 2.05) is 48.5 Å². The Bertz CT molecular complexity index is 937. The molecule has 156 valence electrons. The minimum atomic E-state index is -0.181. The van der Waals surface area contributed by atoms with Crippen molar-refractivity contribution >= 4 is 40.4 Å². The van der Waals surface area contributed by atoms with Crippen molar-refractivity contribution in [2.24, 2.45) is 0 Å². The maximum Gasteiger partial charge on any atom is 0.280 e. The summed E-state index contributed by atoms with van der Waals surface area (Å²) < 4.78 is 5.68. The van der Waals surface area contributed by atoms with Crippen LogP contribution in [0.1, 0.15) is 16.2 Å². The quantitative estimate of drug-likeness (QED) is 0.548. The molecule has 0 radical (unpaired) electrons. The number of aromatic nitrogens is 1. The molecule has 0 spiro atoms. The molecule has 0 aliphatic carbocycles. The summed E-state index contributed by atoms with van der Waals surface area (Å²) in [5.74, 6) is -0.181. The van der Waals surface area contributed by atoms with E-state index < -0.39 is 0 Å². The largest absolute Gasteiger partial charge is 0.376 e. The Kier molecular flexibility index (Phi) is 7.02. The van der Waals surface area contributed by atoms with E-state index in [9.17, 15) is 4.79 Å². The summed E-state index contributed by atoms with van der Waals surface area (Å²) >= 11 is 13.5. The first-order chi connectivity index (χ1) is 14.6. The van der Waals surface area contributed by atoms with E-state index in [4.69, 9.17) is 27.9 Å². The number of thiazole rings is 1. The van der Waals surface area contributed by atoms with Crippen molar-refractivity contribution < 1.29 is 9.53 Å². The maximum atomic E-state index is 12.8. The summed E-state index contributed by atoms with van der Waals surface area (Å²) in [4.78, 5) is 18.3. The Balaban J connectivity index is 1.55. The molecule has 4 rings (SSSR count). The Morgan fingerprint density at radius 2 is 1.77 bits per heavy atom. The number of ether oxygens (including phenoxy) is 1. The van der Waals surface area contributed by atoms with Crippen molar-refractivity contribution in [1.82, 2.24) is 15.6 Å². The normalized spacial score (nSPS) is 16.4. The van der Waals surface area contributed by atoms with Gasteiger partial charge in [0.05, 0.1) is 23.3 Å². The lowest BCUT2D eigenvalue weighted by molar-refractivity contribution is 0.0239. The van der Waals surface area contributed by atoms with Gasteiger partial charge in [0.2, 0.25) is 0 Å². The minimum absolute atomic E-state index is 0.129. The second-order valence-corrected chi connectivity index (χ2v) is 8.82. The van der Waals surface area contributed by atoms with Gasteiger partial charge < -0.3 is 15.4 Å². The predicted molar refractivity (Wildman–Crippen MR) is 123 cm³/mol. The summed E-state index contributed by atoms with van der Waals surface area (Å²) in [6.07, 6.45) is 0.891. The topological polar surface area (TPSA) is 63.2 Å². The van der Waals surface area contributed by atoms with Crippen molar-refractivity contribution in [2.45, 2.75) is 12.5 Å². The number of rotatable bonds is 6. The van der Waals surface area contributed by atoms with Crippen LogP contribution in [-0.4, -0.2) is 43.2 Å². The van der Waals surface area contributed by atoms with Crippen LogP contribution in [0.5, 0.6) is 0 Å². The average molecular weight is 462 g/mol. The molecule has 1 aromatic heterocycles. The van der Waals surface area contributed by atoms with E-state index >= 15 is 0 Å². The molecular formula is C22H21Cl2N3O2S. The van der Waals surface area contributed by atoms with Crippen molar-refractivity contribution in [3.63, 3.8) is 0 Å². The van der Waals surface area contributed by atoms with Crippen LogP contribution < -0.4 is 10.6 Å². The van der Waals surface area contributed by atoms with Gasteiger partial charge in [0.1, 0.15) is 0 Å². The summed E-state index contributed by atoms with van der Waals surface area (Å²) in [5, 5.41) is 8.00. The van der Waals surface area contributed by atoms with Gasteiger partial charge in [-0.1, -0.05) is 47.5 Å². The zero-order chi connectivity index (χ0) is 20.9. The van der Waals surface area contributed by atoms with Crippen molar-refractivity contribution in [1.29, 1.82) is 0 Å². The van der Waals surface area contributed by atoms with Gasteiger partial charge in [-0.25, -0.2) is 4.98 Å². The number of nitrogens with one attached hydrogen (secondary N) is 2.